The predicted octanol–water partition coefficient (Wildman–Crippen LogP) is 1.94. The summed E-state index contributed by atoms with van der Waals surface area (Å²) in [5.74, 6) is -2.20. The molecular formula is C26H24N2O5S. The van der Waals surface area contributed by atoms with Crippen LogP contribution in [0.4, 0.5) is 0 Å². The Morgan fingerprint density at radius 2 is 1.50 bits per heavy atom. The molecule has 0 saturated heterocycles. The van der Waals surface area contributed by atoms with Crippen LogP contribution in [0.5, 0.6) is 0 Å². The number of aromatic nitrogens is 1. The molecule has 1 aliphatic rings. The van der Waals surface area contributed by atoms with Gasteiger partial charge in [-0.2, -0.15) is 0 Å². The van der Waals surface area contributed by atoms with Crippen molar-refractivity contribution >= 4 is 40.7 Å². The van der Waals surface area contributed by atoms with Crippen molar-refractivity contribution in [1.82, 2.24) is 4.57 Å². The smallest absolute Gasteiger partial charge is 0.338 e. The zero-order valence-electron chi connectivity index (χ0n) is 18.8. The summed E-state index contributed by atoms with van der Waals surface area (Å²) in [7, 11) is 0. The van der Waals surface area contributed by atoms with Gasteiger partial charge in [0.1, 0.15) is 10.5 Å². The van der Waals surface area contributed by atoms with Gasteiger partial charge in [-0.3, -0.25) is 9.36 Å². The zero-order chi connectivity index (χ0) is 24.2. The molecule has 0 aliphatic carbocycles. The first-order valence-electron chi connectivity index (χ1n) is 10.9. The van der Waals surface area contributed by atoms with Crippen LogP contribution in [-0.4, -0.2) is 29.7 Å². The van der Waals surface area contributed by atoms with E-state index in [-0.39, 0.29) is 30.2 Å². The Hall–Kier alpha value is -3.91. The molecule has 3 aromatic rings. The van der Waals surface area contributed by atoms with Crippen LogP contribution in [0.25, 0.3) is 17.5 Å². The van der Waals surface area contributed by atoms with E-state index in [0.717, 1.165) is 16.9 Å². The van der Waals surface area contributed by atoms with Gasteiger partial charge in [0, 0.05) is 0 Å². The van der Waals surface area contributed by atoms with Gasteiger partial charge >= 0.3 is 11.9 Å². The largest absolute Gasteiger partial charge is 0.463 e. The molecule has 2 aromatic carbocycles. The van der Waals surface area contributed by atoms with Crippen molar-refractivity contribution in [2.75, 3.05) is 13.2 Å². The summed E-state index contributed by atoms with van der Waals surface area (Å²) in [6.07, 6.45) is 1.73. The van der Waals surface area contributed by atoms with Gasteiger partial charge in [-0.1, -0.05) is 60.7 Å². The Labute approximate surface area is 200 Å². The third-order valence-electron chi connectivity index (χ3n) is 5.37. The number of carbonyl (C=O) groups is 2. The second-order valence-corrected chi connectivity index (χ2v) is 8.49. The van der Waals surface area contributed by atoms with Crippen LogP contribution in [0, 0.1) is 0 Å². The fraction of sp³-hybridized carbons (Fsp3) is 0.192. The topological polar surface area (TPSA) is 101 Å². The lowest BCUT2D eigenvalue weighted by molar-refractivity contribution is -0.138. The number of hydrogen-bond donors (Lipinski definition) is 1. The molecule has 0 fully saturated rings. The first kappa shape index (κ1) is 23.3. The molecule has 8 heteroatoms. The molecule has 0 bridgehead atoms. The van der Waals surface area contributed by atoms with E-state index in [2.05, 4.69) is 0 Å². The van der Waals surface area contributed by atoms with Crippen molar-refractivity contribution in [3.8, 4) is 0 Å². The van der Waals surface area contributed by atoms with E-state index in [0.29, 0.717) is 14.8 Å². The van der Waals surface area contributed by atoms with Gasteiger partial charge in [0.25, 0.3) is 5.56 Å². The number of hydrogen-bond acceptors (Lipinski definition) is 7. The molecule has 7 nitrogen and oxygen atoms in total. The van der Waals surface area contributed by atoms with Gasteiger partial charge in [-0.15, -0.1) is 11.3 Å². The normalized spacial score (nSPS) is 15.8. The van der Waals surface area contributed by atoms with Gasteiger partial charge in [0.05, 0.1) is 34.8 Å². The average Bonchev–Trinajstić information content (AvgIpc) is 3.16. The number of nitrogens with two attached hydrogens (primary N) is 1. The minimum absolute atomic E-state index is 0.0368. The highest BCUT2D eigenvalue weighted by atomic mass is 32.1. The molecule has 4 rings (SSSR count). The number of ether oxygens (including phenoxy) is 2. The summed E-state index contributed by atoms with van der Waals surface area (Å²) in [5.41, 5.74) is 7.75. The first-order chi connectivity index (χ1) is 16.5. The van der Waals surface area contributed by atoms with E-state index in [1.165, 1.54) is 4.57 Å². The predicted molar refractivity (Wildman–Crippen MR) is 131 cm³/mol. The third kappa shape index (κ3) is 4.20. The molecule has 0 radical (unpaired) electrons. The molecule has 174 valence electrons. The van der Waals surface area contributed by atoms with Crippen LogP contribution in [0.1, 0.15) is 30.9 Å². The summed E-state index contributed by atoms with van der Waals surface area (Å²) >= 11 is 1.14. The third-order valence-corrected chi connectivity index (χ3v) is 6.48. The lowest BCUT2D eigenvalue weighted by Gasteiger charge is -2.27. The van der Waals surface area contributed by atoms with Gasteiger partial charge in [-0.05, 0) is 31.1 Å². The number of carbonyl (C=O) groups excluding carboxylic acids is 2. The van der Waals surface area contributed by atoms with Crippen LogP contribution in [-0.2, 0) is 19.1 Å². The van der Waals surface area contributed by atoms with Crippen molar-refractivity contribution in [3.05, 3.63) is 96.9 Å². The standard InChI is InChI=1S/C26H24N2O5S/c1-3-32-25(30)20-19(17-13-9-6-10-14-17)21(26(31)33-4-2)24-28(22(20)27)23(29)18(34-24)15-16-11-7-5-8-12-16/h5-15,19H,3-4,27H2,1-2H3. The van der Waals surface area contributed by atoms with E-state index >= 15 is 0 Å². The molecule has 2 N–H and O–H groups in total. The summed E-state index contributed by atoms with van der Waals surface area (Å²) in [4.78, 5) is 39.8. The average molecular weight is 477 g/mol. The van der Waals surface area contributed by atoms with Crippen molar-refractivity contribution in [3.63, 3.8) is 0 Å². The van der Waals surface area contributed by atoms with Crippen molar-refractivity contribution in [2.45, 2.75) is 19.8 Å². The van der Waals surface area contributed by atoms with Crippen LogP contribution in [0.3, 0.4) is 0 Å². The van der Waals surface area contributed by atoms with Gasteiger partial charge in [-0.25, -0.2) is 9.59 Å². The first-order valence-corrected chi connectivity index (χ1v) is 11.7. The lowest BCUT2D eigenvalue weighted by atomic mass is 9.83. The Balaban J connectivity index is 2.11. The number of nitrogens with zero attached hydrogens (tertiary/aromatic N) is 1. The molecule has 0 amide bonds. The van der Waals surface area contributed by atoms with Gasteiger partial charge < -0.3 is 15.2 Å². The van der Waals surface area contributed by atoms with Crippen molar-refractivity contribution in [2.24, 2.45) is 5.73 Å². The monoisotopic (exact) mass is 476 g/mol. The fourth-order valence-electron chi connectivity index (χ4n) is 3.94. The second-order valence-electron chi connectivity index (χ2n) is 7.46. The van der Waals surface area contributed by atoms with Crippen LogP contribution >= 0.6 is 11.3 Å². The van der Waals surface area contributed by atoms with E-state index in [4.69, 9.17) is 15.2 Å². The van der Waals surface area contributed by atoms with Gasteiger partial charge in [0.15, 0.2) is 0 Å². The quantitative estimate of drug-likeness (QED) is 0.546. The number of benzene rings is 2. The molecular weight excluding hydrogens is 452 g/mol. The molecule has 2 heterocycles. The maximum Gasteiger partial charge on any atom is 0.338 e. The second kappa shape index (κ2) is 9.93. The molecule has 1 aliphatic heterocycles. The van der Waals surface area contributed by atoms with Gasteiger partial charge in [0.2, 0.25) is 0 Å². The molecule has 1 aromatic heterocycles. The zero-order valence-corrected chi connectivity index (χ0v) is 19.6. The summed E-state index contributed by atoms with van der Waals surface area (Å²) in [6.45, 7) is 3.63. The molecule has 1 unspecified atom stereocenters. The van der Waals surface area contributed by atoms with Crippen LogP contribution < -0.4 is 20.5 Å². The summed E-state index contributed by atoms with van der Waals surface area (Å²) in [5, 5.41) is 0. The van der Waals surface area contributed by atoms with E-state index in [1.807, 2.05) is 48.5 Å². The number of thiazole rings is 1. The highest BCUT2D eigenvalue weighted by Crippen LogP contribution is 2.37. The summed E-state index contributed by atoms with van der Waals surface area (Å²) in [6, 6.07) is 18.4. The van der Waals surface area contributed by atoms with Crippen molar-refractivity contribution < 1.29 is 19.1 Å². The maximum atomic E-state index is 13.4. The van der Waals surface area contributed by atoms with Crippen LogP contribution in [0.15, 0.2) is 71.0 Å². The Morgan fingerprint density at radius 1 is 0.941 bits per heavy atom. The Bertz CT molecular complexity index is 1440. The van der Waals surface area contributed by atoms with E-state index < -0.39 is 23.4 Å². The van der Waals surface area contributed by atoms with Crippen LogP contribution in [0.2, 0.25) is 0 Å². The van der Waals surface area contributed by atoms with E-state index in [9.17, 15) is 14.4 Å². The summed E-state index contributed by atoms with van der Waals surface area (Å²) < 4.78 is 12.6. The highest BCUT2D eigenvalue weighted by Gasteiger charge is 2.39. The SMILES string of the molecule is CCOC(=O)C1=C(N)n2c(sc(=Cc3ccccc3)c2=O)=C(C(=O)OCC)C1c1ccccc1. The van der Waals surface area contributed by atoms with E-state index in [1.54, 1.807) is 32.1 Å². The number of rotatable bonds is 6. The van der Waals surface area contributed by atoms with Crippen molar-refractivity contribution in [1.29, 1.82) is 0 Å². The Morgan fingerprint density at radius 3 is 2.09 bits per heavy atom. The molecule has 0 spiro atoms. The molecule has 1 atom stereocenters. The number of esters is 2. The minimum atomic E-state index is -0.845. The highest BCUT2D eigenvalue weighted by molar-refractivity contribution is 7.07. The minimum Gasteiger partial charge on any atom is -0.463 e. The molecule has 34 heavy (non-hydrogen) atoms. The number of fused-ring (bicyclic) bond motifs is 1. The molecule has 0 saturated carbocycles. The lowest BCUT2D eigenvalue weighted by Crippen LogP contribution is -2.42. The fourth-order valence-corrected chi connectivity index (χ4v) is 5.11. The Kier molecular flexibility index (Phi) is 6.79. The maximum absolute atomic E-state index is 13.4.